The average Bonchev–Trinajstić information content (AvgIpc) is 3.48. The quantitative estimate of drug-likeness (QED) is 0.194. The van der Waals surface area contributed by atoms with Crippen molar-refractivity contribution in [3.63, 3.8) is 0 Å². The molecule has 0 aliphatic heterocycles. The van der Waals surface area contributed by atoms with Crippen LogP contribution in [-0.2, 0) is 11.3 Å². The number of nitriles is 1. The van der Waals surface area contributed by atoms with Gasteiger partial charge in [0.2, 0.25) is 11.7 Å². The Labute approximate surface area is 199 Å². The second-order valence-electron chi connectivity index (χ2n) is 7.59. The first-order chi connectivity index (χ1) is 17.0. The number of fused-ring (bicyclic) bond motifs is 1. The average molecular weight is 474 g/mol. The summed E-state index contributed by atoms with van der Waals surface area (Å²) >= 11 is 0. The molecule has 5 N–H and O–H groups in total. The molecule has 0 spiro atoms. The van der Waals surface area contributed by atoms with Gasteiger partial charge in [0, 0.05) is 17.8 Å². The van der Waals surface area contributed by atoms with Gasteiger partial charge in [0.1, 0.15) is 6.04 Å². The number of para-hydroxylation sites is 2. The van der Waals surface area contributed by atoms with E-state index in [-0.39, 0.29) is 18.7 Å². The van der Waals surface area contributed by atoms with Crippen LogP contribution in [0.2, 0.25) is 0 Å². The summed E-state index contributed by atoms with van der Waals surface area (Å²) in [5.74, 6) is -0.0103. The van der Waals surface area contributed by atoms with E-state index in [0.29, 0.717) is 40.6 Å². The molecule has 1 amide bonds. The zero-order valence-electron chi connectivity index (χ0n) is 18.5. The van der Waals surface area contributed by atoms with Gasteiger partial charge in [-0.2, -0.15) is 5.26 Å². The summed E-state index contributed by atoms with van der Waals surface area (Å²) in [6.45, 7) is -0.162. The second-order valence-corrected chi connectivity index (χ2v) is 7.59. The van der Waals surface area contributed by atoms with Crippen LogP contribution < -0.4 is 16.4 Å². The number of aliphatic hydroxyl groups is 1. The summed E-state index contributed by atoms with van der Waals surface area (Å²) in [7, 11) is 0. The number of amides is 1. The Balaban J connectivity index is 1.60. The molecule has 2 aromatic heterocycles. The van der Waals surface area contributed by atoms with Gasteiger partial charge in [-0.1, -0.05) is 12.1 Å². The van der Waals surface area contributed by atoms with Crippen molar-refractivity contribution >= 4 is 34.2 Å². The van der Waals surface area contributed by atoms with Crippen LogP contribution in [0.5, 0.6) is 0 Å². The van der Waals surface area contributed by atoms with Crippen molar-refractivity contribution in [1.29, 1.82) is 5.26 Å². The fourth-order valence-corrected chi connectivity index (χ4v) is 3.40. The molecule has 0 saturated carbocycles. The zero-order valence-corrected chi connectivity index (χ0v) is 18.5. The van der Waals surface area contributed by atoms with Gasteiger partial charge in [0.05, 0.1) is 36.7 Å². The summed E-state index contributed by atoms with van der Waals surface area (Å²) in [5.41, 5.74) is 8.09. The van der Waals surface area contributed by atoms with E-state index in [1.807, 2.05) is 30.3 Å². The number of carbonyl (C=O) groups excluding carboxylic acids is 2. The maximum atomic E-state index is 13.2. The lowest BCUT2D eigenvalue weighted by Gasteiger charge is -2.11. The first kappa shape index (κ1) is 23.6. The molecule has 12 heteroatoms. The molecule has 1 atom stereocenters. The van der Waals surface area contributed by atoms with Crippen LogP contribution in [0.4, 0.5) is 11.5 Å². The predicted octanol–water partition coefficient (Wildman–Crippen LogP) is 1.55. The van der Waals surface area contributed by atoms with Crippen LogP contribution in [0.3, 0.4) is 0 Å². The highest BCUT2D eigenvalue weighted by atomic mass is 16.6. The number of benzene rings is 2. The minimum absolute atomic E-state index is 0.0402. The Bertz CT molecular complexity index is 1390. The SMILES string of the molecule is N#CCCNc1nonc1-c1nc2ccccc2n1CC(=O)c1ccc(NC(=O)[C@@H](N)CO)cc1. The van der Waals surface area contributed by atoms with Gasteiger partial charge in [-0.15, -0.1) is 0 Å². The van der Waals surface area contributed by atoms with Gasteiger partial charge < -0.3 is 26.0 Å². The third-order valence-electron chi connectivity index (χ3n) is 5.19. The fourth-order valence-electron chi connectivity index (χ4n) is 3.40. The molecule has 2 aromatic carbocycles. The van der Waals surface area contributed by atoms with Crippen LogP contribution in [-0.4, -0.2) is 55.9 Å². The van der Waals surface area contributed by atoms with Gasteiger partial charge in [-0.25, -0.2) is 9.61 Å². The molecule has 35 heavy (non-hydrogen) atoms. The summed E-state index contributed by atoms with van der Waals surface area (Å²) in [6, 6.07) is 14.7. The molecule has 4 rings (SSSR count). The number of nitrogens with one attached hydrogen (secondary N) is 2. The molecule has 0 saturated heterocycles. The molecule has 0 bridgehead atoms. The van der Waals surface area contributed by atoms with Crippen molar-refractivity contribution in [2.75, 3.05) is 23.8 Å². The van der Waals surface area contributed by atoms with Gasteiger partial charge >= 0.3 is 0 Å². The number of nitrogens with two attached hydrogens (primary N) is 1. The second kappa shape index (κ2) is 10.6. The fraction of sp³-hybridized carbons (Fsp3) is 0.217. The van der Waals surface area contributed by atoms with Gasteiger partial charge in [0.15, 0.2) is 17.3 Å². The Kier molecular flexibility index (Phi) is 7.10. The van der Waals surface area contributed by atoms with Crippen molar-refractivity contribution in [3.05, 3.63) is 54.1 Å². The number of nitrogens with zero attached hydrogens (tertiary/aromatic N) is 5. The molecule has 0 aliphatic carbocycles. The van der Waals surface area contributed by atoms with E-state index in [9.17, 15) is 9.59 Å². The van der Waals surface area contributed by atoms with Crippen LogP contribution >= 0.6 is 0 Å². The highest BCUT2D eigenvalue weighted by Gasteiger charge is 2.22. The van der Waals surface area contributed by atoms with Gasteiger partial charge in [-0.05, 0) is 46.7 Å². The van der Waals surface area contributed by atoms with Crippen molar-refractivity contribution in [3.8, 4) is 17.6 Å². The van der Waals surface area contributed by atoms with Gasteiger partial charge in [0.25, 0.3) is 0 Å². The summed E-state index contributed by atoms with van der Waals surface area (Å²) in [6.07, 6.45) is 0.267. The number of aromatic nitrogens is 4. The van der Waals surface area contributed by atoms with Crippen LogP contribution in [0.1, 0.15) is 16.8 Å². The highest BCUT2D eigenvalue weighted by molar-refractivity contribution is 5.99. The zero-order chi connectivity index (χ0) is 24.8. The van der Waals surface area contributed by atoms with Crippen molar-refractivity contribution in [2.24, 2.45) is 5.73 Å². The first-order valence-electron chi connectivity index (χ1n) is 10.7. The Morgan fingerprint density at radius 2 is 1.94 bits per heavy atom. The number of aliphatic hydroxyl groups excluding tert-OH is 1. The standard InChI is InChI=1S/C23H22N8O4/c24-10-3-11-26-21-20(29-35-30-21)22-28-17-4-1-2-5-18(17)31(22)12-19(33)14-6-8-15(9-7-14)27-23(34)16(25)13-32/h1-2,4-9,16,32H,3,11-13,25H2,(H,26,30)(H,27,34)/t16-/m0/s1. The van der Waals surface area contributed by atoms with Crippen LogP contribution in [0, 0.1) is 11.3 Å². The Morgan fingerprint density at radius 1 is 1.17 bits per heavy atom. The monoisotopic (exact) mass is 474 g/mol. The molecule has 0 unspecified atom stereocenters. The third kappa shape index (κ3) is 5.16. The van der Waals surface area contributed by atoms with E-state index in [0.717, 1.165) is 5.52 Å². The molecule has 178 valence electrons. The predicted molar refractivity (Wildman–Crippen MR) is 126 cm³/mol. The molecule has 0 radical (unpaired) electrons. The molecule has 2 heterocycles. The molecule has 12 nitrogen and oxygen atoms in total. The molecular formula is C23H22N8O4. The normalized spacial score (nSPS) is 11.7. The van der Waals surface area contributed by atoms with Crippen molar-refractivity contribution in [1.82, 2.24) is 19.9 Å². The van der Waals surface area contributed by atoms with E-state index in [2.05, 4.69) is 25.9 Å². The van der Waals surface area contributed by atoms with E-state index in [1.165, 1.54) is 0 Å². The lowest BCUT2D eigenvalue weighted by molar-refractivity contribution is -0.118. The number of Topliss-reactive ketones (excluding diaryl/α,β-unsaturated/α-hetero) is 1. The number of rotatable bonds is 10. The minimum Gasteiger partial charge on any atom is -0.394 e. The minimum atomic E-state index is -1.03. The number of hydrogen-bond donors (Lipinski definition) is 4. The van der Waals surface area contributed by atoms with Crippen molar-refractivity contribution < 1.29 is 19.3 Å². The lowest BCUT2D eigenvalue weighted by atomic mass is 10.1. The number of anilines is 2. The number of ketones is 1. The van der Waals surface area contributed by atoms with E-state index < -0.39 is 18.6 Å². The van der Waals surface area contributed by atoms with E-state index >= 15 is 0 Å². The summed E-state index contributed by atoms with van der Waals surface area (Å²) in [4.78, 5) is 29.6. The smallest absolute Gasteiger partial charge is 0.243 e. The van der Waals surface area contributed by atoms with Crippen molar-refractivity contribution in [2.45, 2.75) is 19.0 Å². The van der Waals surface area contributed by atoms with Crippen LogP contribution in [0.25, 0.3) is 22.6 Å². The van der Waals surface area contributed by atoms with E-state index in [4.69, 9.17) is 20.7 Å². The molecular weight excluding hydrogens is 452 g/mol. The Morgan fingerprint density at radius 3 is 2.69 bits per heavy atom. The third-order valence-corrected chi connectivity index (χ3v) is 5.19. The topological polar surface area (TPSA) is 185 Å². The number of hydrogen-bond acceptors (Lipinski definition) is 10. The molecule has 4 aromatic rings. The highest BCUT2D eigenvalue weighted by Crippen LogP contribution is 2.28. The van der Waals surface area contributed by atoms with Gasteiger partial charge in [-0.3, -0.25) is 9.59 Å². The lowest BCUT2D eigenvalue weighted by Crippen LogP contribution is -2.38. The summed E-state index contributed by atoms with van der Waals surface area (Å²) in [5, 5.41) is 31.2. The maximum absolute atomic E-state index is 13.2. The van der Waals surface area contributed by atoms with Crippen LogP contribution in [0.15, 0.2) is 53.2 Å². The Hall–Kier alpha value is -4.60. The summed E-state index contributed by atoms with van der Waals surface area (Å²) < 4.78 is 6.62. The number of imidazole rings is 1. The number of carbonyl (C=O) groups is 2. The maximum Gasteiger partial charge on any atom is 0.243 e. The molecule has 0 fully saturated rings. The van der Waals surface area contributed by atoms with E-state index in [1.54, 1.807) is 28.8 Å². The largest absolute Gasteiger partial charge is 0.394 e. The molecule has 0 aliphatic rings. The first-order valence-corrected chi connectivity index (χ1v) is 10.7.